The fraction of sp³-hybridized carbons (Fsp3) is 0.571. The van der Waals surface area contributed by atoms with Crippen LogP contribution in [0.5, 0.6) is 0 Å². The van der Waals surface area contributed by atoms with Crippen LogP contribution >= 0.6 is 0 Å². The summed E-state index contributed by atoms with van der Waals surface area (Å²) in [5.41, 5.74) is 0.00262. The predicted molar refractivity (Wildman–Crippen MR) is 62.0 cm³/mol. The average Bonchev–Trinajstić information content (AvgIpc) is 2.97. The Labute approximate surface area is 99.8 Å². The van der Waals surface area contributed by atoms with Crippen LogP contribution in [-0.2, 0) is 11.8 Å². The van der Waals surface area contributed by atoms with Crippen LogP contribution < -0.4 is 0 Å². The lowest BCUT2D eigenvalue weighted by atomic mass is 9.93. The first-order chi connectivity index (χ1) is 7.85. The first-order valence-electron chi connectivity index (χ1n) is 6.01. The molecule has 0 N–H and O–H groups in total. The zero-order chi connectivity index (χ0) is 12.7. The molecule has 1 aliphatic rings. The Balaban J connectivity index is 2.19. The summed E-state index contributed by atoms with van der Waals surface area (Å²) in [6.45, 7) is 4.21. The first-order valence-corrected chi connectivity index (χ1v) is 6.01. The largest absolute Gasteiger partial charge is 0.398 e. The van der Waals surface area contributed by atoms with Crippen molar-refractivity contribution in [3.8, 4) is 0 Å². The van der Waals surface area contributed by atoms with Crippen LogP contribution in [0.4, 0.5) is 13.2 Å². The van der Waals surface area contributed by atoms with Gasteiger partial charge in [-0.2, -0.15) is 13.2 Å². The molecule has 0 nitrogen and oxygen atoms in total. The third-order valence-corrected chi connectivity index (χ3v) is 3.44. The summed E-state index contributed by atoms with van der Waals surface area (Å²) in [6.07, 6.45) is -2.72. The molecule has 1 aromatic carbocycles. The van der Waals surface area contributed by atoms with Gasteiger partial charge in [-0.25, -0.2) is 0 Å². The normalized spacial score (nSPS) is 18.5. The lowest BCUT2D eigenvalue weighted by Gasteiger charge is -2.20. The quantitative estimate of drug-likeness (QED) is 0.733. The SMILES string of the molecule is CC(C)Cc1ccc(C2(C(F)(F)F)CC2)cc1. The highest BCUT2D eigenvalue weighted by molar-refractivity contribution is 5.35. The van der Waals surface area contributed by atoms with Crippen LogP contribution in [0.3, 0.4) is 0 Å². The van der Waals surface area contributed by atoms with Crippen LogP contribution in [0.25, 0.3) is 0 Å². The van der Waals surface area contributed by atoms with Crippen LogP contribution in [0.15, 0.2) is 24.3 Å². The number of alkyl halides is 3. The lowest BCUT2D eigenvalue weighted by Crippen LogP contribution is -2.28. The molecule has 3 heteroatoms. The van der Waals surface area contributed by atoms with E-state index in [1.54, 1.807) is 12.1 Å². The van der Waals surface area contributed by atoms with Crippen molar-refractivity contribution in [1.82, 2.24) is 0 Å². The van der Waals surface area contributed by atoms with Gasteiger partial charge in [0.15, 0.2) is 0 Å². The summed E-state index contributed by atoms with van der Waals surface area (Å²) >= 11 is 0. The van der Waals surface area contributed by atoms with Crippen LogP contribution in [-0.4, -0.2) is 6.18 Å². The van der Waals surface area contributed by atoms with Crippen molar-refractivity contribution < 1.29 is 13.2 Å². The summed E-state index contributed by atoms with van der Waals surface area (Å²) in [6, 6.07) is 6.97. The predicted octanol–water partition coefficient (Wildman–Crippen LogP) is 4.48. The highest BCUT2D eigenvalue weighted by atomic mass is 19.4. The van der Waals surface area contributed by atoms with Gasteiger partial charge >= 0.3 is 6.18 Å². The van der Waals surface area contributed by atoms with Crippen molar-refractivity contribution in [2.45, 2.75) is 44.7 Å². The van der Waals surface area contributed by atoms with Crippen molar-refractivity contribution >= 4 is 0 Å². The molecule has 0 bridgehead atoms. The zero-order valence-electron chi connectivity index (χ0n) is 10.1. The Morgan fingerprint density at radius 1 is 1.12 bits per heavy atom. The standard InChI is InChI=1S/C14H17F3/c1-10(2)9-11-3-5-12(6-4-11)13(7-8-13)14(15,16)17/h3-6,10H,7-9H2,1-2H3. The van der Waals surface area contributed by atoms with E-state index in [1.807, 2.05) is 12.1 Å². The fourth-order valence-corrected chi connectivity index (χ4v) is 2.29. The molecule has 0 heterocycles. The van der Waals surface area contributed by atoms with Gasteiger partial charge in [-0.3, -0.25) is 0 Å². The molecule has 0 unspecified atom stereocenters. The summed E-state index contributed by atoms with van der Waals surface area (Å²) < 4.78 is 38.7. The second-order valence-corrected chi connectivity index (χ2v) is 5.37. The molecule has 1 aliphatic carbocycles. The number of halogens is 3. The first kappa shape index (κ1) is 12.5. The van der Waals surface area contributed by atoms with Gasteiger partial charge in [0.25, 0.3) is 0 Å². The minimum Gasteiger partial charge on any atom is -0.170 e. The number of hydrogen-bond acceptors (Lipinski definition) is 0. The molecule has 1 saturated carbocycles. The van der Waals surface area contributed by atoms with E-state index in [-0.39, 0.29) is 12.8 Å². The highest BCUT2D eigenvalue weighted by Crippen LogP contribution is 2.58. The fourth-order valence-electron chi connectivity index (χ4n) is 2.29. The second-order valence-electron chi connectivity index (χ2n) is 5.37. The van der Waals surface area contributed by atoms with Gasteiger partial charge in [0.1, 0.15) is 0 Å². The Hall–Kier alpha value is -0.990. The molecule has 1 fully saturated rings. The van der Waals surface area contributed by atoms with Crippen molar-refractivity contribution in [3.63, 3.8) is 0 Å². The van der Waals surface area contributed by atoms with Gasteiger partial charge < -0.3 is 0 Å². The monoisotopic (exact) mass is 242 g/mol. The molecule has 0 radical (unpaired) electrons. The molecular formula is C14H17F3. The molecule has 17 heavy (non-hydrogen) atoms. The Bertz CT molecular complexity index is 383. The smallest absolute Gasteiger partial charge is 0.170 e. The van der Waals surface area contributed by atoms with Crippen LogP contribution in [0.1, 0.15) is 37.8 Å². The maximum absolute atomic E-state index is 12.9. The van der Waals surface area contributed by atoms with Crippen LogP contribution in [0, 0.1) is 5.92 Å². The molecule has 0 atom stereocenters. The summed E-state index contributed by atoms with van der Waals surface area (Å²) in [5, 5.41) is 0. The van der Waals surface area contributed by atoms with Gasteiger partial charge in [0.2, 0.25) is 0 Å². The van der Waals surface area contributed by atoms with Crippen molar-refractivity contribution in [3.05, 3.63) is 35.4 Å². The van der Waals surface area contributed by atoms with E-state index in [0.29, 0.717) is 11.5 Å². The molecule has 0 saturated heterocycles. The minimum atomic E-state index is -4.10. The molecule has 0 spiro atoms. The van der Waals surface area contributed by atoms with Crippen LogP contribution in [0.2, 0.25) is 0 Å². The van der Waals surface area contributed by atoms with Gasteiger partial charge in [0, 0.05) is 0 Å². The van der Waals surface area contributed by atoms with Gasteiger partial charge in [-0.1, -0.05) is 38.1 Å². The van der Waals surface area contributed by atoms with Crippen molar-refractivity contribution in [1.29, 1.82) is 0 Å². The maximum atomic E-state index is 12.9. The lowest BCUT2D eigenvalue weighted by molar-refractivity contribution is -0.160. The van der Waals surface area contributed by atoms with E-state index in [2.05, 4.69) is 13.8 Å². The summed E-state index contributed by atoms with van der Waals surface area (Å²) in [7, 11) is 0. The van der Waals surface area contributed by atoms with E-state index in [9.17, 15) is 13.2 Å². The molecule has 0 aromatic heterocycles. The van der Waals surface area contributed by atoms with Crippen molar-refractivity contribution in [2.24, 2.45) is 5.92 Å². The summed E-state index contributed by atoms with van der Waals surface area (Å²) in [5.74, 6) is 0.526. The molecule has 1 aromatic rings. The Kier molecular flexibility index (Phi) is 2.96. The van der Waals surface area contributed by atoms with Crippen molar-refractivity contribution in [2.75, 3.05) is 0 Å². The van der Waals surface area contributed by atoms with E-state index in [4.69, 9.17) is 0 Å². The number of rotatable bonds is 3. The topological polar surface area (TPSA) is 0 Å². The Morgan fingerprint density at radius 2 is 1.65 bits per heavy atom. The maximum Gasteiger partial charge on any atom is 0.398 e. The van der Waals surface area contributed by atoms with E-state index >= 15 is 0 Å². The highest BCUT2D eigenvalue weighted by Gasteiger charge is 2.64. The van der Waals surface area contributed by atoms with E-state index in [0.717, 1.165) is 12.0 Å². The molecule has 94 valence electrons. The Morgan fingerprint density at radius 3 is 2.00 bits per heavy atom. The minimum absolute atomic E-state index is 0.236. The second kappa shape index (κ2) is 4.04. The van der Waals surface area contributed by atoms with E-state index in [1.165, 1.54) is 0 Å². The molecule has 2 rings (SSSR count). The van der Waals surface area contributed by atoms with Gasteiger partial charge in [0.05, 0.1) is 5.41 Å². The molecule has 0 amide bonds. The summed E-state index contributed by atoms with van der Waals surface area (Å²) in [4.78, 5) is 0. The van der Waals surface area contributed by atoms with E-state index < -0.39 is 11.6 Å². The number of hydrogen-bond donors (Lipinski definition) is 0. The van der Waals surface area contributed by atoms with Gasteiger partial charge in [-0.15, -0.1) is 0 Å². The molecular weight excluding hydrogens is 225 g/mol. The van der Waals surface area contributed by atoms with Gasteiger partial charge in [-0.05, 0) is 36.3 Å². The molecule has 0 aliphatic heterocycles. The third kappa shape index (κ3) is 2.33. The number of benzene rings is 1. The zero-order valence-corrected chi connectivity index (χ0v) is 10.1. The average molecular weight is 242 g/mol. The third-order valence-electron chi connectivity index (χ3n) is 3.44.